The lowest BCUT2D eigenvalue weighted by atomic mass is 10.3. The van der Waals surface area contributed by atoms with E-state index in [0.29, 0.717) is 0 Å². The van der Waals surface area contributed by atoms with Crippen molar-refractivity contribution in [3.8, 4) is 0 Å². The molecular formula is C13H21BrN4. The highest BCUT2D eigenvalue weighted by Crippen LogP contribution is 2.24. The van der Waals surface area contributed by atoms with Gasteiger partial charge in [-0.15, -0.1) is 0 Å². The van der Waals surface area contributed by atoms with Gasteiger partial charge in [0.2, 0.25) is 0 Å². The summed E-state index contributed by atoms with van der Waals surface area (Å²) in [7, 11) is 2.18. The van der Waals surface area contributed by atoms with E-state index in [9.17, 15) is 0 Å². The molecule has 100 valence electrons. The summed E-state index contributed by atoms with van der Waals surface area (Å²) in [6.45, 7) is 6.73. The molecule has 4 nitrogen and oxygen atoms in total. The first-order valence-corrected chi connectivity index (χ1v) is 7.14. The number of hydrogen-bond acceptors (Lipinski definition) is 4. The Morgan fingerprint density at radius 3 is 2.67 bits per heavy atom. The van der Waals surface area contributed by atoms with Gasteiger partial charge in [0.05, 0.1) is 0 Å². The maximum Gasteiger partial charge on any atom is 0.0486 e. The Kier molecular flexibility index (Phi) is 4.86. The molecule has 1 aromatic carbocycles. The lowest BCUT2D eigenvalue weighted by molar-refractivity contribution is 0.158. The summed E-state index contributed by atoms with van der Waals surface area (Å²) in [4.78, 5) is 4.87. The number of likely N-dealkylation sites (N-methyl/N-ethyl adjacent to an activating group) is 1. The Hall–Kier alpha value is -0.780. The number of nitrogens with zero attached hydrogens (tertiary/aromatic N) is 2. The van der Waals surface area contributed by atoms with Crippen molar-refractivity contribution in [2.75, 3.05) is 57.4 Å². The molecule has 1 saturated heterocycles. The van der Waals surface area contributed by atoms with Gasteiger partial charge >= 0.3 is 0 Å². The Bertz CT molecular complexity index is 389. The van der Waals surface area contributed by atoms with Crippen LogP contribution in [0.5, 0.6) is 0 Å². The second kappa shape index (κ2) is 6.41. The SMILES string of the molecule is CN1CCN(CCNc2ccc(N)cc2Br)CC1. The highest BCUT2D eigenvalue weighted by molar-refractivity contribution is 9.10. The first-order valence-electron chi connectivity index (χ1n) is 6.35. The molecule has 1 aliphatic heterocycles. The van der Waals surface area contributed by atoms with E-state index in [1.165, 1.54) is 26.2 Å². The largest absolute Gasteiger partial charge is 0.399 e. The van der Waals surface area contributed by atoms with Crippen LogP contribution in [0.1, 0.15) is 0 Å². The van der Waals surface area contributed by atoms with Gasteiger partial charge in [-0.25, -0.2) is 0 Å². The molecule has 1 aliphatic rings. The first-order chi connectivity index (χ1) is 8.65. The number of nitrogen functional groups attached to an aromatic ring is 1. The van der Waals surface area contributed by atoms with E-state index in [-0.39, 0.29) is 0 Å². The van der Waals surface area contributed by atoms with Crippen LogP contribution in [-0.4, -0.2) is 56.1 Å². The molecule has 0 saturated carbocycles. The van der Waals surface area contributed by atoms with Crippen molar-refractivity contribution in [2.45, 2.75) is 0 Å². The molecule has 0 bridgehead atoms. The third-order valence-corrected chi connectivity index (χ3v) is 3.99. The molecule has 1 aromatic rings. The minimum absolute atomic E-state index is 0.784. The van der Waals surface area contributed by atoms with Crippen molar-refractivity contribution in [1.29, 1.82) is 0 Å². The van der Waals surface area contributed by atoms with Gasteiger partial charge in [-0.3, -0.25) is 4.90 Å². The van der Waals surface area contributed by atoms with Crippen LogP contribution in [0.4, 0.5) is 11.4 Å². The maximum absolute atomic E-state index is 5.72. The molecule has 2 rings (SSSR count). The zero-order valence-electron chi connectivity index (χ0n) is 10.8. The van der Waals surface area contributed by atoms with Gasteiger partial charge in [0.1, 0.15) is 0 Å². The fourth-order valence-corrected chi connectivity index (χ4v) is 2.63. The minimum Gasteiger partial charge on any atom is -0.399 e. The molecule has 1 heterocycles. The average molecular weight is 313 g/mol. The maximum atomic E-state index is 5.72. The topological polar surface area (TPSA) is 44.5 Å². The number of hydrogen-bond donors (Lipinski definition) is 2. The Morgan fingerprint density at radius 2 is 2.00 bits per heavy atom. The van der Waals surface area contributed by atoms with Crippen molar-refractivity contribution in [2.24, 2.45) is 0 Å². The molecule has 0 aromatic heterocycles. The molecule has 0 aliphatic carbocycles. The molecular weight excluding hydrogens is 292 g/mol. The number of benzene rings is 1. The molecule has 18 heavy (non-hydrogen) atoms. The van der Waals surface area contributed by atoms with Gasteiger partial charge in [0, 0.05) is 55.1 Å². The van der Waals surface area contributed by atoms with Gasteiger partial charge in [0.15, 0.2) is 0 Å². The molecule has 0 atom stereocenters. The fraction of sp³-hybridized carbons (Fsp3) is 0.538. The number of halogens is 1. The summed E-state index contributed by atoms with van der Waals surface area (Å²) in [5.41, 5.74) is 7.61. The molecule has 1 fully saturated rings. The van der Waals surface area contributed by atoms with Crippen molar-refractivity contribution in [1.82, 2.24) is 9.80 Å². The predicted molar refractivity (Wildman–Crippen MR) is 81.0 cm³/mol. The van der Waals surface area contributed by atoms with Crippen molar-refractivity contribution in [3.63, 3.8) is 0 Å². The van der Waals surface area contributed by atoms with Crippen molar-refractivity contribution in [3.05, 3.63) is 22.7 Å². The smallest absolute Gasteiger partial charge is 0.0486 e. The summed E-state index contributed by atoms with van der Waals surface area (Å²) < 4.78 is 1.03. The first kappa shape index (κ1) is 13.6. The quantitative estimate of drug-likeness (QED) is 0.831. The second-order valence-electron chi connectivity index (χ2n) is 4.81. The van der Waals surface area contributed by atoms with Crippen LogP contribution in [-0.2, 0) is 0 Å². The zero-order valence-corrected chi connectivity index (χ0v) is 12.4. The number of piperazine rings is 1. The summed E-state index contributed by atoms with van der Waals surface area (Å²) in [5.74, 6) is 0. The van der Waals surface area contributed by atoms with Crippen LogP contribution >= 0.6 is 15.9 Å². The van der Waals surface area contributed by atoms with E-state index >= 15 is 0 Å². The van der Waals surface area contributed by atoms with Gasteiger partial charge in [-0.2, -0.15) is 0 Å². The Labute approximate surface area is 117 Å². The number of anilines is 2. The van der Waals surface area contributed by atoms with E-state index < -0.39 is 0 Å². The standard InChI is InChI=1S/C13H21BrN4/c1-17-6-8-18(9-7-17)5-4-16-13-3-2-11(15)10-12(13)14/h2-3,10,16H,4-9,15H2,1H3. The molecule has 0 spiro atoms. The summed E-state index contributed by atoms with van der Waals surface area (Å²) >= 11 is 3.52. The van der Waals surface area contributed by atoms with Crippen molar-refractivity contribution >= 4 is 27.3 Å². The summed E-state index contributed by atoms with van der Waals surface area (Å²) in [6.07, 6.45) is 0. The van der Waals surface area contributed by atoms with Gasteiger partial charge in [-0.05, 0) is 41.2 Å². The number of nitrogens with one attached hydrogen (secondary N) is 1. The lowest BCUT2D eigenvalue weighted by Gasteiger charge is -2.32. The third-order valence-electron chi connectivity index (χ3n) is 3.33. The van der Waals surface area contributed by atoms with Gasteiger partial charge in [-0.1, -0.05) is 0 Å². The third kappa shape index (κ3) is 3.86. The monoisotopic (exact) mass is 312 g/mol. The zero-order chi connectivity index (χ0) is 13.0. The minimum atomic E-state index is 0.784. The van der Waals surface area contributed by atoms with Gasteiger partial charge < -0.3 is 16.0 Å². The van der Waals surface area contributed by atoms with E-state index in [2.05, 4.69) is 38.1 Å². The second-order valence-corrected chi connectivity index (χ2v) is 5.67. The van der Waals surface area contributed by atoms with Crippen molar-refractivity contribution < 1.29 is 0 Å². The highest BCUT2D eigenvalue weighted by Gasteiger charge is 2.12. The average Bonchev–Trinajstić information content (AvgIpc) is 2.34. The number of rotatable bonds is 4. The normalized spacial score (nSPS) is 17.9. The molecule has 0 unspecified atom stereocenters. The summed E-state index contributed by atoms with van der Waals surface area (Å²) in [6, 6.07) is 5.87. The Morgan fingerprint density at radius 1 is 1.28 bits per heavy atom. The van der Waals surface area contributed by atoms with Crippen LogP contribution in [0.15, 0.2) is 22.7 Å². The van der Waals surface area contributed by atoms with E-state index in [0.717, 1.165) is 28.9 Å². The lowest BCUT2D eigenvalue weighted by Crippen LogP contribution is -2.45. The molecule has 0 radical (unpaired) electrons. The molecule has 5 heteroatoms. The molecule has 3 N–H and O–H groups in total. The highest BCUT2D eigenvalue weighted by atomic mass is 79.9. The fourth-order valence-electron chi connectivity index (χ4n) is 2.09. The van der Waals surface area contributed by atoms with Crippen LogP contribution in [0.3, 0.4) is 0 Å². The number of nitrogens with two attached hydrogens (primary N) is 1. The van der Waals surface area contributed by atoms with E-state index in [1.54, 1.807) is 0 Å². The van der Waals surface area contributed by atoms with Crippen LogP contribution < -0.4 is 11.1 Å². The molecule has 0 amide bonds. The van der Waals surface area contributed by atoms with E-state index in [4.69, 9.17) is 5.73 Å². The predicted octanol–water partition coefficient (Wildman–Crippen LogP) is 1.69. The van der Waals surface area contributed by atoms with Crippen LogP contribution in [0.25, 0.3) is 0 Å². The van der Waals surface area contributed by atoms with Crippen LogP contribution in [0.2, 0.25) is 0 Å². The van der Waals surface area contributed by atoms with Crippen LogP contribution in [0, 0.1) is 0 Å². The Balaban J connectivity index is 1.75. The van der Waals surface area contributed by atoms with Gasteiger partial charge in [0.25, 0.3) is 0 Å². The summed E-state index contributed by atoms with van der Waals surface area (Å²) in [5, 5.41) is 3.44. The van der Waals surface area contributed by atoms with E-state index in [1.807, 2.05) is 18.2 Å².